The maximum atomic E-state index is 12.1. The van der Waals surface area contributed by atoms with E-state index in [0.29, 0.717) is 34.0 Å². The van der Waals surface area contributed by atoms with E-state index in [-0.39, 0.29) is 19.1 Å². The molecule has 0 bridgehead atoms. The van der Waals surface area contributed by atoms with Crippen LogP contribution < -0.4 is 11.1 Å². The number of hydrogen-bond donors (Lipinski definition) is 3. The number of nitrogens with one attached hydrogen (secondary N) is 1. The molecule has 0 saturated heterocycles. The molecule has 0 heterocycles. The SMILES string of the molecule is Nc1cc(Cl)c(NC(=O)CN(CCO)C2CCC2)c(Cl)c1. The predicted octanol–water partition coefficient (Wildman–Crippen LogP) is 2.36. The number of anilines is 2. The number of rotatable bonds is 6. The fraction of sp³-hybridized carbons (Fsp3) is 0.500. The number of amides is 1. The topological polar surface area (TPSA) is 78.6 Å². The van der Waals surface area contributed by atoms with Crippen molar-refractivity contribution in [1.29, 1.82) is 0 Å². The summed E-state index contributed by atoms with van der Waals surface area (Å²) in [5.41, 5.74) is 6.44. The van der Waals surface area contributed by atoms with Gasteiger partial charge in [0.1, 0.15) is 0 Å². The van der Waals surface area contributed by atoms with Crippen molar-refractivity contribution >= 4 is 40.5 Å². The minimum absolute atomic E-state index is 0.0349. The summed E-state index contributed by atoms with van der Waals surface area (Å²) in [5, 5.41) is 12.4. The maximum absolute atomic E-state index is 12.1. The molecule has 116 valence electrons. The minimum atomic E-state index is -0.205. The predicted molar refractivity (Wildman–Crippen MR) is 85.8 cm³/mol. The molecule has 1 aliphatic rings. The van der Waals surface area contributed by atoms with Crippen molar-refractivity contribution in [1.82, 2.24) is 4.90 Å². The van der Waals surface area contributed by atoms with E-state index in [2.05, 4.69) is 5.32 Å². The van der Waals surface area contributed by atoms with Crippen LogP contribution in [0.2, 0.25) is 10.0 Å². The van der Waals surface area contributed by atoms with Crippen LogP contribution in [-0.2, 0) is 4.79 Å². The molecule has 1 fully saturated rings. The summed E-state index contributed by atoms with van der Waals surface area (Å²) in [6, 6.07) is 3.46. The number of carbonyl (C=O) groups excluding carboxylic acids is 1. The highest BCUT2D eigenvalue weighted by molar-refractivity contribution is 6.40. The fourth-order valence-electron chi connectivity index (χ4n) is 2.35. The molecule has 1 aromatic carbocycles. The van der Waals surface area contributed by atoms with E-state index < -0.39 is 0 Å². The van der Waals surface area contributed by atoms with Crippen molar-refractivity contribution in [2.24, 2.45) is 0 Å². The van der Waals surface area contributed by atoms with Gasteiger partial charge in [0.2, 0.25) is 5.91 Å². The van der Waals surface area contributed by atoms with Gasteiger partial charge in [0.15, 0.2) is 0 Å². The second kappa shape index (κ2) is 7.31. The average Bonchev–Trinajstić information content (AvgIpc) is 2.31. The van der Waals surface area contributed by atoms with Crippen LogP contribution in [0.3, 0.4) is 0 Å². The summed E-state index contributed by atoms with van der Waals surface area (Å²) in [4.78, 5) is 14.1. The fourth-order valence-corrected chi connectivity index (χ4v) is 2.95. The molecule has 1 amide bonds. The van der Waals surface area contributed by atoms with Gasteiger partial charge in [-0.05, 0) is 25.0 Å². The summed E-state index contributed by atoms with van der Waals surface area (Å²) in [6.07, 6.45) is 3.30. The van der Waals surface area contributed by atoms with Gasteiger partial charge in [-0.15, -0.1) is 0 Å². The number of nitrogens with two attached hydrogens (primary N) is 1. The Morgan fingerprint density at radius 2 is 2.00 bits per heavy atom. The van der Waals surface area contributed by atoms with E-state index in [1.54, 1.807) is 12.1 Å². The van der Waals surface area contributed by atoms with E-state index in [4.69, 9.17) is 34.0 Å². The smallest absolute Gasteiger partial charge is 0.238 e. The molecular formula is C14H19Cl2N3O2. The maximum Gasteiger partial charge on any atom is 0.238 e. The number of nitrogens with zero attached hydrogens (tertiary/aromatic N) is 1. The second-order valence-corrected chi connectivity index (χ2v) is 6.00. The van der Waals surface area contributed by atoms with Gasteiger partial charge < -0.3 is 16.2 Å². The lowest BCUT2D eigenvalue weighted by atomic mass is 9.91. The first kappa shape index (κ1) is 16.4. The Morgan fingerprint density at radius 1 is 1.38 bits per heavy atom. The van der Waals surface area contributed by atoms with Crippen molar-refractivity contribution in [2.45, 2.75) is 25.3 Å². The Kier molecular flexibility index (Phi) is 5.70. The van der Waals surface area contributed by atoms with Crippen molar-refractivity contribution in [2.75, 3.05) is 30.7 Å². The normalized spacial score (nSPS) is 15.0. The van der Waals surface area contributed by atoms with Crippen LogP contribution in [0.5, 0.6) is 0 Å². The number of aliphatic hydroxyl groups excluding tert-OH is 1. The molecule has 7 heteroatoms. The number of hydrogen-bond acceptors (Lipinski definition) is 4. The zero-order valence-corrected chi connectivity index (χ0v) is 13.1. The summed E-state index contributed by atoms with van der Waals surface area (Å²) >= 11 is 12.1. The van der Waals surface area contributed by atoms with E-state index >= 15 is 0 Å². The van der Waals surface area contributed by atoms with Crippen LogP contribution in [0, 0.1) is 0 Å². The van der Waals surface area contributed by atoms with Crippen LogP contribution in [-0.4, -0.2) is 41.7 Å². The first-order chi connectivity index (χ1) is 10.0. The van der Waals surface area contributed by atoms with E-state index in [9.17, 15) is 4.79 Å². The molecule has 0 radical (unpaired) electrons. The molecule has 0 spiro atoms. The lowest BCUT2D eigenvalue weighted by molar-refractivity contribution is -0.118. The molecule has 0 atom stereocenters. The minimum Gasteiger partial charge on any atom is -0.399 e. The molecule has 1 aromatic rings. The number of carbonyl (C=O) groups is 1. The molecule has 0 aromatic heterocycles. The van der Waals surface area contributed by atoms with E-state index in [1.807, 2.05) is 4.90 Å². The zero-order valence-electron chi connectivity index (χ0n) is 11.6. The highest BCUT2D eigenvalue weighted by Crippen LogP contribution is 2.33. The molecule has 0 unspecified atom stereocenters. The van der Waals surface area contributed by atoms with Gasteiger partial charge in [-0.2, -0.15) is 0 Å². The highest BCUT2D eigenvalue weighted by Gasteiger charge is 2.26. The third kappa shape index (κ3) is 4.23. The van der Waals surface area contributed by atoms with Crippen LogP contribution in [0.4, 0.5) is 11.4 Å². The first-order valence-electron chi connectivity index (χ1n) is 6.90. The van der Waals surface area contributed by atoms with Gasteiger partial charge in [-0.25, -0.2) is 0 Å². The van der Waals surface area contributed by atoms with Gasteiger partial charge in [0.25, 0.3) is 0 Å². The summed E-state index contributed by atoms with van der Waals surface area (Å²) in [6.45, 7) is 0.733. The molecule has 21 heavy (non-hydrogen) atoms. The number of nitrogen functional groups attached to an aromatic ring is 1. The molecule has 0 aliphatic heterocycles. The van der Waals surface area contributed by atoms with Crippen LogP contribution in [0.15, 0.2) is 12.1 Å². The molecule has 1 aliphatic carbocycles. The lowest BCUT2D eigenvalue weighted by Crippen LogP contribution is -2.45. The Bertz CT molecular complexity index is 498. The molecule has 4 N–H and O–H groups in total. The largest absolute Gasteiger partial charge is 0.399 e. The van der Waals surface area contributed by atoms with E-state index in [1.165, 1.54) is 6.42 Å². The summed E-state index contributed by atoms with van der Waals surface area (Å²) < 4.78 is 0. The Hall–Kier alpha value is -1.01. The van der Waals surface area contributed by atoms with Crippen molar-refractivity contribution in [3.8, 4) is 0 Å². The number of benzene rings is 1. The Labute approximate surface area is 134 Å². The summed E-state index contributed by atoms with van der Waals surface area (Å²) in [7, 11) is 0. The highest BCUT2D eigenvalue weighted by atomic mass is 35.5. The third-order valence-corrected chi connectivity index (χ3v) is 4.25. The van der Waals surface area contributed by atoms with Gasteiger partial charge >= 0.3 is 0 Å². The zero-order chi connectivity index (χ0) is 15.4. The quantitative estimate of drug-likeness (QED) is 0.699. The number of aliphatic hydroxyl groups is 1. The van der Waals surface area contributed by atoms with Crippen molar-refractivity contribution in [3.63, 3.8) is 0 Å². The van der Waals surface area contributed by atoms with Crippen molar-refractivity contribution in [3.05, 3.63) is 22.2 Å². The van der Waals surface area contributed by atoms with Crippen LogP contribution >= 0.6 is 23.2 Å². The van der Waals surface area contributed by atoms with Gasteiger partial charge in [-0.1, -0.05) is 29.6 Å². The Balaban J connectivity index is 2.00. The van der Waals surface area contributed by atoms with Gasteiger partial charge in [-0.3, -0.25) is 9.69 Å². The molecule has 1 saturated carbocycles. The van der Waals surface area contributed by atoms with Crippen LogP contribution in [0.1, 0.15) is 19.3 Å². The standard InChI is InChI=1S/C14H19Cl2N3O2/c15-11-6-9(17)7-12(16)14(11)18-13(21)8-19(4-5-20)10-2-1-3-10/h6-7,10,20H,1-5,8,17H2,(H,18,21). The third-order valence-electron chi connectivity index (χ3n) is 3.65. The molecule has 2 rings (SSSR count). The molecular weight excluding hydrogens is 313 g/mol. The van der Waals surface area contributed by atoms with Gasteiger partial charge in [0, 0.05) is 18.3 Å². The summed E-state index contributed by atoms with van der Waals surface area (Å²) in [5.74, 6) is -0.205. The monoisotopic (exact) mass is 331 g/mol. The van der Waals surface area contributed by atoms with Crippen molar-refractivity contribution < 1.29 is 9.90 Å². The molecule has 5 nitrogen and oxygen atoms in total. The lowest BCUT2D eigenvalue weighted by Gasteiger charge is -2.36. The number of halogens is 2. The second-order valence-electron chi connectivity index (χ2n) is 5.19. The average molecular weight is 332 g/mol. The van der Waals surface area contributed by atoms with E-state index in [0.717, 1.165) is 12.8 Å². The Morgan fingerprint density at radius 3 is 2.48 bits per heavy atom. The van der Waals surface area contributed by atoms with Crippen LogP contribution in [0.25, 0.3) is 0 Å². The van der Waals surface area contributed by atoms with Gasteiger partial charge in [0.05, 0.1) is 28.9 Å². The first-order valence-corrected chi connectivity index (χ1v) is 7.66.